The van der Waals surface area contributed by atoms with E-state index >= 15 is 0 Å². The molecular weight excluding hydrogens is 198 g/mol. The van der Waals surface area contributed by atoms with Gasteiger partial charge in [-0.15, -0.1) is 0 Å². The molecule has 0 radical (unpaired) electrons. The van der Waals surface area contributed by atoms with Crippen LogP contribution in [0.4, 0.5) is 11.4 Å². The number of nitrogens with zero attached hydrogens (tertiary/aromatic N) is 2. The van der Waals surface area contributed by atoms with Crippen molar-refractivity contribution in [3.63, 3.8) is 0 Å². The van der Waals surface area contributed by atoms with Crippen LogP contribution in [0, 0.1) is 0 Å². The van der Waals surface area contributed by atoms with E-state index in [2.05, 4.69) is 36.8 Å². The molecule has 0 aliphatic rings. The van der Waals surface area contributed by atoms with Crippen molar-refractivity contribution in [3.8, 4) is 0 Å². The highest BCUT2D eigenvalue weighted by Crippen LogP contribution is 2.20. The highest BCUT2D eigenvalue weighted by atomic mass is 15.2. The maximum absolute atomic E-state index is 5.94. The van der Waals surface area contributed by atoms with Crippen molar-refractivity contribution in [2.45, 2.75) is 13.8 Å². The van der Waals surface area contributed by atoms with Crippen LogP contribution in [0.2, 0.25) is 0 Å². The van der Waals surface area contributed by atoms with E-state index in [9.17, 15) is 0 Å². The SMILES string of the molecule is CCN(CC)CCN(C)c1ccccc1N. The summed E-state index contributed by atoms with van der Waals surface area (Å²) in [4.78, 5) is 4.63. The Morgan fingerprint density at radius 1 is 1.06 bits per heavy atom. The number of anilines is 2. The molecule has 0 aliphatic heterocycles. The van der Waals surface area contributed by atoms with E-state index in [1.165, 1.54) is 0 Å². The van der Waals surface area contributed by atoms with Crippen LogP contribution in [0.1, 0.15) is 13.8 Å². The number of likely N-dealkylation sites (N-methyl/N-ethyl adjacent to an activating group) is 2. The molecule has 16 heavy (non-hydrogen) atoms. The lowest BCUT2D eigenvalue weighted by atomic mass is 10.2. The van der Waals surface area contributed by atoms with Crippen LogP contribution in [0.3, 0.4) is 0 Å². The lowest BCUT2D eigenvalue weighted by molar-refractivity contribution is 0.311. The first-order valence-electron chi connectivity index (χ1n) is 5.97. The molecule has 1 aromatic rings. The fraction of sp³-hybridized carbons (Fsp3) is 0.538. The second-order valence-corrected chi connectivity index (χ2v) is 4.01. The van der Waals surface area contributed by atoms with Gasteiger partial charge < -0.3 is 15.5 Å². The molecule has 3 nitrogen and oxygen atoms in total. The van der Waals surface area contributed by atoms with Crippen molar-refractivity contribution in [2.75, 3.05) is 43.9 Å². The smallest absolute Gasteiger partial charge is 0.0597 e. The molecule has 0 saturated heterocycles. The molecule has 1 aromatic carbocycles. The number of benzene rings is 1. The molecule has 90 valence electrons. The number of rotatable bonds is 6. The first kappa shape index (κ1) is 12.8. The summed E-state index contributed by atoms with van der Waals surface area (Å²) in [6.07, 6.45) is 0. The van der Waals surface area contributed by atoms with Crippen molar-refractivity contribution in [1.29, 1.82) is 0 Å². The third kappa shape index (κ3) is 3.42. The third-order valence-electron chi connectivity index (χ3n) is 2.99. The Morgan fingerprint density at radius 2 is 1.69 bits per heavy atom. The van der Waals surface area contributed by atoms with Gasteiger partial charge in [0.05, 0.1) is 11.4 Å². The van der Waals surface area contributed by atoms with E-state index < -0.39 is 0 Å². The minimum absolute atomic E-state index is 0.851. The Balaban J connectivity index is 2.52. The number of nitrogens with two attached hydrogens (primary N) is 1. The molecule has 2 N–H and O–H groups in total. The highest BCUT2D eigenvalue weighted by Gasteiger charge is 2.05. The lowest BCUT2D eigenvalue weighted by Gasteiger charge is -2.25. The Bertz CT molecular complexity index is 308. The van der Waals surface area contributed by atoms with Crippen LogP contribution in [0.25, 0.3) is 0 Å². The lowest BCUT2D eigenvalue weighted by Crippen LogP contribution is -2.33. The molecule has 0 unspecified atom stereocenters. The third-order valence-corrected chi connectivity index (χ3v) is 2.99. The molecule has 0 aliphatic carbocycles. The summed E-state index contributed by atoms with van der Waals surface area (Å²) < 4.78 is 0. The Morgan fingerprint density at radius 3 is 2.25 bits per heavy atom. The largest absolute Gasteiger partial charge is 0.397 e. The van der Waals surface area contributed by atoms with Gasteiger partial charge in [-0.05, 0) is 25.2 Å². The summed E-state index contributed by atoms with van der Waals surface area (Å²) >= 11 is 0. The molecule has 0 aromatic heterocycles. The first-order chi connectivity index (χ1) is 7.69. The number of hydrogen-bond donors (Lipinski definition) is 1. The molecular formula is C13H23N3. The van der Waals surface area contributed by atoms with Crippen LogP contribution in [0.5, 0.6) is 0 Å². The highest BCUT2D eigenvalue weighted by molar-refractivity contribution is 5.66. The van der Waals surface area contributed by atoms with Gasteiger partial charge in [-0.2, -0.15) is 0 Å². The van der Waals surface area contributed by atoms with Crippen molar-refractivity contribution in [3.05, 3.63) is 24.3 Å². The molecule has 0 heterocycles. The fourth-order valence-corrected chi connectivity index (χ4v) is 1.79. The van der Waals surface area contributed by atoms with Crippen LogP contribution in [-0.2, 0) is 0 Å². The zero-order valence-electron chi connectivity index (χ0n) is 10.6. The topological polar surface area (TPSA) is 32.5 Å². The monoisotopic (exact) mass is 221 g/mol. The quantitative estimate of drug-likeness (QED) is 0.746. The summed E-state index contributed by atoms with van der Waals surface area (Å²) in [7, 11) is 2.09. The Kier molecular flexibility index (Phi) is 5.12. The van der Waals surface area contributed by atoms with Gasteiger partial charge in [-0.3, -0.25) is 0 Å². The minimum atomic E-state index is 0.851. The van der Waals surface area contributed by atoms with Gasteiger partial charge in [0.15, 0.2) is 0 Å². The molecule has 0 bridgehead atoms. The second kappa shape index (κ2) is 6.38. The molecule has 0 amide bonds. The van der Waals surface area contributed by atoms with E-state index in [4.69, 9.17) is 5.73 Å². The van der Waals surface area contributed by atoms with Crippen LogP contribution in [0.15, 0.2) is 24.3 Å². The number of hydrogen-bond acceptors (Lipinski definition) is 3. The average molecular weight is 221 g/mol. The maximum Gasteiger partial charge on any atom is 0.0597 e. The molecule has 0 spiro atoms. The molecule has 1 rings (SSSR count). The average Bonchev–Trinajstić information content (AvgIpc) is 2.30. The van der Waals surface area contributed by atoms with Gasteiger partial charge in [0, 0.05) is 20.1 Å². The normalized spacial score (nSPS) is 10.8. The standard InChI is InChI=1S/C13H23N3/c1-4-16(5-2)11-10-15(3)13-9-7-6-8-12(13)14/h6-9H,4-5,10-11,14H2,1-3H3. The molecule has 0 atom stereocenters. The van der Waals surface area contributed by atoms with Crippen molar-refractivity contribution in [1.82, 2.24) is 4.90 Å². The van der Waals surface area contributed by atoms with E-state index in [1.807, 2.05) is 18.2 Å². The predicted octanol–water partition coefficient (Wildman–Crippen LogP) is 2.05. The van der Waals surface area contributed by atoms with E-state index in [-0.39, 0.29) is 0 Å². The Labute approximate surface area is 98.8 Å². The zero-order chi connectivity index (χ0) is 12.0. The van der Waals surface area contributed by atoms with Gasteiger partial charge in [0.2, 0.25) is 0 Å². The fourth-order valence-electron chi connectivity index (χ4n) is 1.79. The molecule has 3 heteroatoms. The van der Waals surface area contributed by atoms with E-state index in [0.717, 1.165) is 37.6 Å². The van der Waals surface area contributed by atoms with Gasteiger partial charge in [-0.25, -0.2) is 0 Å². The van der Waals surface area contributed by atoms with Crippen molar-refractivity contribution >= 4 is 11.4 Å². The van der Waals surface area contributed by atoms with Gasteiger partial charge in [0.25, 0.3) is 0 Å². The van der Waals surface area contributed by atoms with Gasteiger partial charge in [-0.1, -0.05) is 26.0 Å². The molecule has 0 saturated carbocycles. The van der Waals surface area contributed by atoms with Gasteiger partial charge in [0.1, 0.15) is 0 Å². The van der Waals surface area contributed by atoms with Crippen LogP contribution in [-0.4, -0.2) is 38.1 Å². The van der Waals surface area contributed by atoms with E-state index in [1.54, 1.807) is 0 Å². The van der Waals surface area contributed by atoms with Crippen molar-refractivity contribution in [2.24, 2.45) is 0 Å². The number of para-hydroxylation sites is 2. The Hall–Kier alpha value is -1.22. The molecule has 0 fully saturated rings. The summed E-state index contributed by atoms with van der Waals surface area (Å²) in [5.74, 6) is 0. The summed E-state index contributed by atoms with van der Waals surface area (Å²) in [5.41, 5.74) is 7.91. The van der Waals surface area contributed by atoms with E-state index in [0.29, 0.717) is 0 Å². The number of nitrogen functional groups attached to an aromatic ring is 1. The predicted molar refractivity (Wildman–Crippen MR) is 71.9 cm³/mol. The second-order valence-electron chi connectivity index (χ2n) is 4.01. The summed E-state index contributed by atoms with van der Waals surface area (Å²) in [6, 6.07) is 8.01. The van der Waals surface area contributed by atoms with Crippen LogP contribution < -0.4 is 10.6 Å². The summed E-state index contributed by atoms with van der Waals surface area (Å²) in [6.45, 7) is 8.69. The van der Waals surface area contributed by atoms with Crippen molar-refractivity contribution < 1.29 is 0 Å². The first-order valence-corrected chi connectivity index (χ1v) is 5.97. The van der Waals surface area contributed by atoms with Crippen LogP contribution >= 0.6 is 0 Å². The van der Waals surface area contributed by atoms with Gasteiger partial charge >= 0.3 is 0 Å². The zero-order valence-corrected chi connectivity index (χ0v) is 10.6. The summed E-state index contributed by atoms with van der Waals surface area (Å²) in [5, 5.41) is 0. The minimum Gasteiger partial charge on any atom is -0.397 e. The maximum atomic E-state index is 5.94.